The van der Waals surface area contributed by atoms with Crippen LogP contribution in [0.3, 0.4) is 0 Å². The van der Waals surface area contributed by atoms with Crippen LogP contribution in [-0.4, -0.2) is 46.0 Å². The summed E-state index contributed by atoms with van der Waals surface area (Å²) < 4.78 is 47.1. The first kappa shape index (κ1) is 29.1. The van der Waals surface area contributed by atoms with Gasteiger partial charge in [-0.2, -0.15) is 13.2 Å². The highest BCUT2D eigenvalue weighted by molar-refractivity contribution is 5.93. The Kier molecular flexibility index (Phi) is 8.11. The number of hydrogen-bond acceptors (Lipinski definition) is 6. The fraction of sp³-hybridized carbons (Fsp3) is 0.406. The Morgan fingerprint density at radius 1 is 0.930 bits per heavy atom. The van der Waals surface area contributed by atoms with Crippen molar-refractivity contribution >= 4 is 23.3 Å². The molecule has 226 valence electrons. The number of anilines is 2. The Balaban J connectivity index is 1.12. The molecule has 8 nitrogen and oxygen atoms in total. The number of aliphatic hydroxyl groups is 1. The fourth-order valence-corrected chi connectivity index (χ4v) is 5.75. The summed E-state index contributed by atoms with van der Waals surface area (Å²) in [5.74, 6) is 0.756. The number of amides is 2. The number of carbonyl (C=O) groups is 2. The van der Waals surface area contributed by atoms with Crippen LogP contribution in [0.4, 0.5) is 24.7 Å². The van der Waals surface area contributed by atoms with Crippen LogP contribution in [0.25, 0.3) is 0 Å². The molecule has 1 saturated carbocycles. The summed E-state index contributed by atoms with van der Waals surface area (Å²) >= 11 is 0. The SMILES string of the molecule is O=C(Nc1cc(CN2CC[C@H](O)C2)cc(C(F)(F)F)c1)C1CCc2ccc(Oc3ccnc(NC(=O)C4CC4)c3)cc2C1. The second-order valence-electron chi connectivity index (χ2n) is 11.7. The molecule has 3 aromatic rings. The van der Waals surface area contributed by atoms with Crippen molar-refractivity contribution in [3.8, 4) is 11.5 Å². The number of nitrogens with one attached hydrogen (secondary N) is 2. The molecule has 3 aliphatic rings. The molecule has 2 atom stereocenters. The molecule has 6 rings (SSSR count). The lowest BCUT2D eigenvalue weighted by atomic mass is 9.83. The second kappa shape index (κ2) is 12.0. The van der Waals surface area contributed by atoms with E-state index in [1.165, 1.54) is 0 Å². The Labute approximate surface area is 247 Å². The van der Waals surface area contributed by atoms with Crippen molar-refractivity contribution in [2.75, 3.05) is 23.7 Å². The van der Waals surface area contributed by atoms with Crippen LogP contribution in [-0.2, 0) is 35.2 Å². The van der Waals surface area contributed by atoms with Crippen molar-refractivity contribution in [2.45, 2.75) is 57.3 Å². The summed E-state index contributed by atoms with van der Waals surface area (Å²) in [6.07, 6.45) is 0.546. The quantitative estimate of drug-likeness (QED) is 0.316. The molecule has 43 heavy (non-hydrogen) atoms. The molecule has 2 fully saturated rings. The summed E-state index contributed by atoms with van der Waals surface area (Å²) in [4.78, 5) is 31.5. The molecule has 1 saturated heterocycles. The molecule has 2 aliphatic carbocycles. The maximum absolute atomic E-state index is 13.7. The molecule has 2 heterocycles. The highest BCUT2D eigenvalue weighted by atomic mass is 19.4. The predicted molar refractivity (Wildman–Crippen MR) is 154 cm³/mol. The van der Waals surface area contributed by atoms with Crippen LogP contribution >= 0.6 is 0 Å². The Morgan fingerprint density at radius 3 is 2.47 bits per heavy atom. The van der Waals surface area contributed by atoms with E-state index >= 15 is 0 Å². The van der Waals surface area contributed by atoms with Crippen LogP contribution < -0.4 is 15.4 Å². The molecule has 1 aliphatic heterocycles. The van der Waals surface area contributed by atoms with Gasteiger partial charge in [0, 0.05) is 49.4 Å². The molecule has 1 unspecified atom stereocenters. The number of nitrogens with zero attached hydrogens (tertiary/aromatic N) is 2. The van der Waals surface area contributed by atoms with Gasteiger partial charge >= 0.3 is 6.18 Å². The van der Waals surface area contributed by atoms with Gasteiger partial charge in [0.05, 0.1) is 11.7 Å². The number of likely N-dealkylation sites (tertiary alicyclic amines) is 1. The minimum absolute atomic E-state index is 0.0458. The number of aromatic nitrogens is 1. The van der Waals surface area contributed by atoms with E-state index in [1.54, 1.807) is 24.4 Å². The van der Waals surface area contributed by atoms with Crippen LogP contribution in [0.15, 0.2) is 54.7 Å². The number of ether oxygens (including phenoxy) is 1. The third-order valence-electron chi connectivity index (χ3n) is 8.18. The smallest absolute Gasteiger partial charge is 0.416 e. The minimum Gasteiger partial charge on any atom is -0.457 e. The second-order valence-corrected chi connectivity index (χ2v) is 11.7. The Morgan fingerprint density at radius 2 is 1.72 bits per heavy atom. The van der Waals surface area contributed by atoms with E-state index < -0.39 is 23.8 Å². The summed E-state index contributed by atoms with van der Waals surface area (Å²) in [5.41, 5.74) is 1.76. The van der Waals surface area contributed by atoms with Gasteiger partial charge in [-0.3, -0.25) is 14.5 Å². The van der Waals surface area contributed by atoms with Gasteiger partial charge < -0.3 is 20.5 Å². The van der Waals surface area contributed by atoms with Crippen molar-refractivity contribution < 1.29 is 32.6 Å². The number of aryl methyl sites for hydroxylation is 1. The number of benzene rings is 2. The lowest BCUT2D eigenvalue weighted by Crippen LogP contribution is -2.28. The first-order chi connectivity index (χ1) is 20.6. The molecular formula is C32H33F3N4O4. The molecule has 0 bridgehead atoms. The zero-order valence-electron chi connectivity index (χ0n) is 23.5. The Hall–Kier alpha value is -3.96. The topological polar surface area (TPSA) is 104 Å². The number of β-amino-alcohol motifs (C(OH)–C–C–N with tert-alkyl or cyclic N) is 1. The number of hydrogen-bond donors (Lipinski definition) is 3. The number of pyridine rings is 1. The van der Waals surface area contributed by atoms with E-state index in [4.69, 9.17) is 4.74 Å². The third kappa shape index (κ3) is 7.34. The van der Waals surface area contributed by atoms with E-state index in [2.05, 4.69) is 15.6 Å². The van der Waals surface area contributed by atoms with Crippen LogP contribution in [0.5, 0.6) is 11.5 Å². The van der Waals surface area contributed by atoms with E-state index in [1.807, 2.05) is 23.1 Å². The lowest BCUT2D eigenvalue weighted by Gasteiger charge is -2.25. The van der Waals surface area contributed by atoms with Gasteiger partial charge in [0.1, 0.15) is 17.3 Å². The van der Waals surface area contributed by atoms with E-state index in [0.717, 1.165) is 36.1 Å². The van der Waals surface area contributed by atoms with E-state index in [-0.39, 0.29) is 30.0 Å². The number of aliphatic hydroxyl groups excluding tert-OH is 1. The first-order valence-electron chi connectivity index (χ1n) is 14.6. The largest absolute Gasteiger partial charge is 0.457 e. The van der Waals surface area contributed by atoms with E-state index in [9.17, 15) is 27.9 Å². The van der Waals surface area contributed by atoms with Crippen molar-refractivity contribution in [3.63, 3.8) is 0 Å². The number of alkyl halides is 3. The van der Waals surface area contributed by atoms with Gasteiger partial charge in [0.15, 0.2) is 0 Å². The average molecular weight is 595 g/mol. The minimum atomic E-state index is -4.56. The van der Waals surface area contributed by atoms with Crippen molar-refractivity contribution in [1.29, 1.82) is 0 Å². The summed E-state index contributed by atoms with van der Waals surface area (Å²) in [6.45, 7) is 1.27. The molecule has 1 aromatic heterocycles. The number of fused-ring (bicyclic) bond motifs is 1. The van der Waals surface area contributed by atoms with Crippen LogP contribution in [0, 0.1) is 11.8 Å². The maximum Gasteiger partial charge on any atom is 0.416 e. The average Bonchev–Trinajstić information content (AvgIpc) is 3.74. The van der Waals surface area contributed by atoms with Crippen molar-refractivity contribution in [1.82, 2.24) is 9.88 Å². The zero-order valence-corrected chi connectivity index (χ0v) is 23.5. The molecule has 2 aromatic carbocycles. The van der Waals surface area contributed by atoms with Gasteiger partial charge in [0.25, 0.3) is 0 Å². The number of carbonyl (C=O) groups excluding carboxylic acids is 2. The van der Waals surface area contributed by atoms with Crippen molar-refractivity contribution in [2.24, 2.45) is 11.8 Å². The maximum atomic E-state index is 13.7. The van der Waals surface area contributed by atoms with Gasteiger partial charge in [0.2, 0.25) is 11.8 Å². The molecule has 3 N–H and O–H groups in total. The first-order valence-corrected chi connectivity index (χ1v) is 14.6. The highest BCUT2D eigenvalue weighted by Crippen LogP contribution is 2.35. The van der Waals surface area contributed by atoms with Crippen LogP contribution in [0.2, 0.25) is 0 Å². The monoisotopic (exact) mass is 594 g/mol. The van der Waals surface area contributed by atoms with Crippen molar-refractivity contribution in [3.05, 3.63) is 77.0 Å². The van der Waals surface area contributed by atoms with Gasteiger partial charge in [-0.25, -0.2) is 4.98 Å². The van der Waals surface area contributed by atoms with Gasteiger partial charge in [-0.05, 0) is 91.6 Å². The standard InChI is InChI=1S/C32H33F3N4O4/c33-32(34,35)24-11-19(17-39-10-8-26(40)18-39)12-25(15-24)37-31(42)22-4-1-20-5-6-27(14-23(20)13-22)43-28-7-9-36-29(16-28)38-30(41)21-2-3-21/h5-7,9,11-12,14-16,21-22,26,40H,1-4,8,10,13,17-18H2,(H,37,42)(H,36,38,41)/t22?,26-/m0/s1. The fourth-order valence-electron chi connectivity index (χ4n) is 5.75. The molecule has 2 amide bonds. The lowest BCUT2D eigenvalue weighted by molar-refractivity contribution is -0.137. The number of rotatable bonds is 8. The Bertz CT molecular complexity index is 1520. The molecule has 0 spiro atoms. The molecule has 11 heteroatoms. The van der Waals surface area contributed by atoms with Crippen LogP contribution in [0.1, 0.15) is 47.9 Å². The molecular weight excluding hydrogens is 561 g/mol. The van der Waals surface area contributed by atoms with Gasteiger partial charge in [-0.1, -0.05) is 6.07 Å². The third-order valence-corrected chi connectivity index (χ3v) is 8.18. The zero-order chi connectivity index (χ0) is 30.1. The summed E-state index contributed by atoms with van der Waals surface area (Å²) in [7, 11) is 0. The van der Waals surface area contributed by atoms with Gasteiger partial charge in [-0.15, -0.1) is 0 Å². The molecule has 0 radical (unpaired) electrons. The number of halogens is 3. The predicted octanol–water partition coefficient (Wildman–Crippen LogP) is 5.55. The summed E-state index contributed by atoms with van der Waals surface area (Å²) in [5, 5.41) is 15.3. The highest BCUT2D eigenvalue weighted by Gasteiger charge is 2.33. The van der Waals surface area contributed by atoms with E-state index in [0.29, 0.717) is 61.7 Å². The normalized spacial score (nSPS) is 20.4. The summed E-state index contributed by atoms with van der Waals surface area (Å²) in [6, 6.07) is 12.7.